The summed E-state index contributed by atoms with van der Waals surface area (Å²) in [6.45, 7) is 5.44. The van der Waals surface area contributed by atoms with Crippen LogP contribution >= 0.6 is 0 Å². The Kier molecular flexibility index (Phi) is 7.88. The zero-order valence-corrected chi connectivity index (χ0v) is 16.8. The number of nitrogens with zero attached hydrogens (tertiary/aromatic N) is 2. The molecule has 0 saturated carbocycles. The number of rotatable bonds is 9. The summed E-state index contributed by atoms with van der Waals surface area (Å²) in [6.07, 6.45) is 2.44. The minimum Gasteiger partial charge on any atom is -0.469 e. The van der Waals surface area contributed by atoms with E-state index in [9.17, 15) is 5.11 Å². The Balaban J connectivity index is 2.01. The monoisotopic (exact) mass is 372 g/mol. The summed E-state index contributed by atoms with van der Waals surface area (Å²) >= 11 is 0. The van der Waals surface area contributed by atoms with Crippen LogP contribution < -0.4 is 10.6 Å². The third-order valence-electron chi connectivity index (χ3n) is 4.13. The van der Waals surface area contributed by atoms with Crippen molar-refractivity contribution in [3.63, 3.8) is 0 Å². The van der Waals surface area contributed by atoms with Gasteiger partial charge in [-0.25, -0.2) is 0 Å². The van der Waals surface area contributed by atoms with E-state index in [2.05, 4.69) is 34.7 Å². The summed E-state index contributed by atoms with van der Waals surface area (Å²) in [5, 5.41) is 17.3. The van der Waals surface area contributed by atoms with Gasteiger partial charge in [0.1, 0.15) is 5.76 Å². The lowest BCUT2D eigenvalue weighted by molar-refractivity contribution is 0.0423. The van der Waals surface area contributed by atoms with Crippen molar-refractivity contribution in [3.05, 3.63) is 60.1 Å². The molecule has 27 heavy (non-hydrogen) atoms. The molecule has 6 nitrogen and oxygen atoms in total. The Bertz CT molecular complexity index is 681. The first-order valence-electron chi connectivity index (χ1n) is 9.35. The van der Waals surface area contributed by atoms with Crippen LogP contribution in [0, 0.1) is 0 Å². The number of aliphatic hydroxyl groups is 1. The van der Waals surface area contributed by atoms with Crippen molar-refractivity contribution in [1.82, 2.24) is 15.5 Å². The third-order valence-corrected chi connectivity index (χ3v) is 4.13. The van der Waals surface area contributed by atoms with Crippen LogP contribution in [0.1, 0.15) is 31.2 Å². The van der Waals surface area contributed by atoms with Crippen molar-refractivity contribution in [2.75, 3.05) is 33.7 Å². The fourth-order valence-electron chi connectivity index (χ4n) is 2.92. The molecule has 0 amide bonds. The third kappa shape index (κ3) is 7.85. The van der Waals surface area contributed by atoms with Crippen LogP contribution in [0.2, 0.25) is 0 Å². The number of guanidine groups is 1. The van der Waals surface area contributed by atoms with Crippen molar-refractivity contribution >= 4 is 5.96 Å². The Morgan fingerprint density at radius 3 is 2.59 bits per heavy atom. The maximum atomic E-state index is 10.5. The molecule has 1 heterocycles. The molecule has 0 spiro atoms. The highest BCUT2D eigenvalue weighted by Gasteiger charge is 2.21. The lowest BCUT2D eigenvalue weighted by Crippen LogP contribution is -2.44. The molecule has 1 aromatic carbocycles. The molecule has 6 heteroatoms. The van der Waals surface area contributed by atoms with Crippen LogP contribution in [-0.2, 0) is 6.42 Å². The Hall–Kier alpha value is -2.31. The van der Waals surface area contributed by atoms with E-state index >= 15 is 0 Å². The SMILES string of the molecule is CC(NC(=NCC(C)(O)CN(C)C)NCCc1ccco1)c1ccccc1. The number of nitrogens with one attached hydrogen (secondary N) is 2. The molecule has 2 aromatic rings. The van der Waals surface area contributed by atoms with Crippen molar-refractivity contribution in [1.29, 1.82) is 0 Å². The van der Waals surface area contributed by atoms with Crippen molar-refractivity contribution in [2.24, 2.45) is 4.99 Å². The van der Waals surface area contributed by atoms with Gasteiger partial charge >= 0.3 is 0 Å². The van der Waals surface area contributed by atoms with Crippen LogP contribution in [0.25, 0.3) is 0 Å². The van der Waals surface area contributed by atoms with E-state index in [1.165, 1.54) is 5.56 Å². The van der Waals surface area contributed by atoms with Crippen LogP contribution in [0.4, 0.5) is 0 Å². The van der Waals surface area contributed by atoms with E-state index in [1.807, 2.05) is 49.3 Å². The zero-order chi connectivity index (χ0) is 19.7. The smallest absolute Gasteiger partial charge is 0.191 e. The lowest BCUT2D eigenvalue weighted by Gasteiger charge is -2.26. The van der Waals surface area contributed by atoms with Crippen LogP contribution in [-0.4, -0.2) is 55.3 Å². The molecule has 0 fully saturated rings. The number of aliphatic imine (C=N–C) groups is 1. The van der Waals surface area contributed by atoms with Crippen LogP contribution in [0.15, 0.2) is 58.1 Å². The van der Waals surface area contributed by atoms with Gasteiger partial charge in [-0.3, -0.25) is 4.99 Å². The second-order valence-corrected chi connectivity index (χ2v) is 7.43. The molecule has 0 radical (unpaired) electrons. The van der Waals surface area contributed by atoms with Crippen molar-refractivity contribution in [3.8, 4) is 0 Å². The fraction of sp³-hybridized carbons (Fsp3) is 0.476. The fourth-order valence-corrected chi connectivity index (χ4v) is 2.92. The average Bonchev–Trinajstić information content (AvgIpc) is 3.12. The normalized spacial score (nSPS) is 15.4. The number of benzene rings is 1. The molecule has 2 rings (SSSR count). The summed E-state index contributed by atoms with van der Waals surface area (Å²) < 4.78 is 5.38. The molecule has 0 saturated heterocycles. The summed E-state index contributed by atoms with van der Waals surface area (Å²) in [5.41, 5.74) is 0.285. The molecule has 0 aliphatic rings. The highest BCUT2D eigenvalue weighted by Crippen LogP contribution is 2.11. The first kappa shape index (κ1) is 21.0. The predicted molar refractivity (Wildman–Crippen MR) is 110 cm³/mol. The number of furan rings is 1. The van der Waals surface area contributed by atoms with Gasteiger partial charge in [-0.15, -0.1) is 0 Å². The van der Waals surface area contributed by atoms with E-state index in [1.54, 1.807) is 13.2 Å². The topological polar surface area (TPSA) is 73.0 Å². The van der Waals surface area contributed by atoms with E-state index in [4.69, 9.17) is 4.42 Å². The van der Waals surface area contributed by atoms with Gasteiger partial charge in [0.15, 0.2) is 5.96 Å². The highest BCUT2D eigenvalue weighted by atomic mass is 16.3. The number of hydrogen-bond acceptors (Lipinski definition) is 4. The minimum atomic E-state index is -0.894. The quantitative estimate of drug-likeness (QED) is 0.466. The van der Waals surface area contributed by atoms with Gasteiger partial charge in [0.25, 0.3) is 0 Å². The Morgan fingerprint density at radius 2 is 1.96 bits per heavy atom. The summed E-state index contributed by atoms with van der Waals surface area (Å²) in [5.74, 6) is 1.61. The van der Waals surface area contributed by atoms with E-state index in [-0.39, 0.29) is 6.04 Å². The largest absolute Gasteiger partial charge is 0.469 e. The van der Waals surface area contributed by atoms with Crippen LogP contribution in [0.3, 0.4) is 0 Å². The zero-order valence-electron chi connectivity index (χ0n) is 16.8. The van der Waals surface area contributed by atoms with Gasteiger partial charge in [-0.05, 0) is 45.6 Å². The molecule has 148 valence electrons. The first-order valence-corrected chi connectivity index (χ1v) is 9.35. The molecule has 0 aliphatic heterocycles. The van der Waals surface area contributed by atoms with Gasteiger partial charge in [0, 0.05) is 19.5 Å². The second-order valence-electron chi connectivity index (χ2n) is 7.43. The second kappa shape index (κ2) is 10.1. The first-order chi connectivity index (χ1) is 12.9. The molecule has 2 unspecified atom stereocenters. The van der Waals surface area contributed by atoms with E-state index < -0.39 is 5.60 Å². The Morgan fingerprint density at radius 1 is 1.22 bits per heavy atom. The van der Waals surface area contributed by atoms with Gasteiger partial charge in [0.05, 0.1) is 24.5 Å². The number of hydrogen-bond donors (Lipinski definition) is 3. The molecule has 3 N–H and O–H groups in total. The maximum absolute atomic E-state index is 10.5. The van der Waals surface area contributed by atoms with Gasteiger partial charge in [-0.2, -0.15) is 0 Å². The van der Waals surface area contributed by atoms with Gasteiger partial charge < -0.3 is 25.1 Å². The molecule has 0 bridgehead atoms. The molecular formula is C21H32N4O2. The number of likely N-dealkylation sites (N-methyl/N-ethyl adjacent to an activating group) is 1. The lowest BCUT2D eigenvalue weighted by atomic mass is 10.1. The van der Waals surface area contributed by atoms with Crippen molar-refractivity contribution < 1.29 is 9.52 Å². The molecule has 2 atom stereocenters. The summed E-state index contributed by atoms with van der Waals surface area (Å²) in [4.78, 5) is 6.58. The van der Waals surface area contributed by atoms with Gasteiger partial charge in [-0.1, -0.05) is 30.3 Å². The van der Waals surface area contributed by atoms with Crippen LogP contribution in [0.5, 0.6) is 0 Å². The van der Waals surface area contributed by atoms with E-state index in [0.29, 0.717) is 25.6 Å². The molecular weight excluding hydrogens is 340 g/mol. The maximum Gasteiger partial charge on any atom is 0.191 e. The van der Waals surface area contributed by atoms with E-state index in [0.717, 1.165) is 12.2 Å². The minimum absolute atomic E-state index is 0.0971. The van der Waals surface area contributed by atoms with Gasteiger partial charge in [0.2, 0.25) is 0 Å². The van der Waals surface area contributed by atoms with Crippen molar-refractivity contribution in [2.45, 2.75) is 31.9 Å². The highest BCUT2D eigenvalue weighted by molar-refractivity contribution is 5.80. The average molecular weight is 373 g/mol. The standard InChI is InChI=1S/C21H32N4O2/c1-17(18-9-6-5-7-10-18)24-20(22-13-12-19-11-8-14-27-19)23-15-21(2,26)16-25(3)4/h5-11,14,17,26H,12-13,15-16H2,1-4H3,(H2,22,23,24). The molecule has 0 aliphatic carbocycles. The summed E-state index contributed by atoms with van der Waals surface area (Å²) in [6, 6.07) is 14.2. The summed E-state index contributed by atoms with van der Waals surface area (Å²) in [7, 11) is 3.88. The molecule has 1 aromatic heterocycles. The Labute approximate surface area is 162 Å². The predicted octanol–water partition coefficient (Wildman–Crippen LogP) is 2.43.